The van der Waals surface area contributed by atoms with Gasteiger partial charge in [0.15, 0.2) is 11.6 Å². The van der Waals surface area contributed by atoms with Gasteiger partial charge in [-0.3, -0.25) is 9.89 Å². The van der Waals surface area contributed by atoms with E-state index >= 15 is 0 Å². The van der Waals surface area contributed by atoms with E-state index < -0.39 is 17.7 Å². The second kappa shape index (κ2) is 3.88. The van der Waals surface area contributed by atoms with Crippen LogP contribution in [0.1, 0.15) is 5.56 Å². The molecule has 1 aliphatic heterocycles. The lowest BCUT2D eigenvalue weighted by molar-refractivity contribution is 0.172. The number of carboxylic acid groups (broad SMARTS) is 1. The third-order valence-corrected chi connectivity index (χ3v) is 2.25. The lowest BCUT2D eigenvalue weighted by Gasteiger charge is -2.14. The molecule has 1 N–H and O–H groups in total. The number of rotatable bonds is 1. The van der Waals surface area contributed by atoms with Crippen LogP contribution in [0.3, 0.4) is 0 Å². The summed E-state index contributed by atoms with van der Waals surface area (Å²) in [5.74, 6) is -1.83. The number of amidine groups is 1. The molecule has 1 amide bonds. The van der Waals surface area contributed by atoms with Crippen molar-refractivity contribution in [2.24, 2.45) is 4.99 Å². The molecule has 84 valence electrons. The maximum atomic E-state index is 13.0. The first-order valence-electron chi connectivity index (χ1n) is 4.60. The summed E-state index contributed by atoms with van der Waals surface area (Å²) in [6.07, 6.45) is -1.15. The first-order valence-corrected chi connectivity index (χ1v) is 4.60. The molecule has 6 heteroatoms. The van der Waals surface area contributed by atoms with Crippen LogP contribution in [0.2, 0.25) is 0 Å². The summed E-state index contributed by atoms with van der Waals surface area (Å²) in [4.78, 5) is 15.8. The van der Waals surface area contributed by atoms with Crippen LogP contribution in [0.15, 0.2) is 23.2 Å². The number of hydrogen-bond donors (Lipinski definition) is 1. The van der Waals surface area contributed by atoms with E-state index in [1.165, 1.54) is 6.07 Å². The highest BCUT2D eigenvalue weighted by molar-refractivity contribution is 6.07. The van der Waals surface area contributed by atoms with E-state index in [1.54, 1.807) is 0 Å². The Morgan fingerprint density at radius 2 is 2.12 bits per heavy atom. The lowest BCUT2D eigenvalue weighted by Crippen LogP contribution is -2.33. The summed E-state index contributed by atoms with van der Waals surface area (Å²) < 4.78 is 25.7. The molecule has 1 aromatic carbocycles. The second-order valence-corrected chi connectivity index (χ2v) is 3.27. The Hall–Kier alpha value is -1.98. The van der Waals surface area contributed by atoms with Crippen molar-refractivity contribution in [2.45, 2.75) is 0 Å². The third kappa shape index (κ3) is 1.73. The summed E-state index contributed by atoms with van der Waals surface area (Å²) in [7, 11) is 0. The number of benzene rings is 1. The van der Waals surface area contributed by atoms with Gasteiger partial charge in [0.2, 0.25) is 0 Å². The average Bonchev–Trinajstić information content (AvgIpc) is 2.71. The summed E-state index contributed by atoms with van der Waals surface area (Å²) in [6, 6.07) is 3.19. The van der Waals surface area contributed by atoms with Crippen molar-refractivity contribution in [1.82, 2.24) is 4.90 Å². The smallest absolute Gasteiger partial charge is 0.413 e. The van der Waals surface area contributed by atoms with Gasteiger partial charge in [0.1, 0.15) is 5.84 Å². The van der Waals surface area contributed by atoms with Crippen LogP contribution >= 0.6 is 0 Å². The van der Waals surface area contributed by atoms with Gasteiger partial charge in [0.05, 0.1) is 13.1 Å². The zero-order valence-electron chi connectivity index (χ0n) is 8.15. The van der Waals surface area contributed by atoms with Crippen LogP contribution in [-0.2, 0) is 0 Å². The van der Waals surface area contributed by atoms with Gasteiger partial charge in [0, 0.05) is 5.56 Å². The van der Waals surface area contributed by atoms with Gasteiger partial charge in [-0.25, -0.2) is 13.6 Å². The molecule has 0 saturated carbocycles. The summed E-state index contributed by atoms with van der Waals surface area (Å²) in [5.41, 5.74) is 0.263. The van der Waals surface area contributed by atoms with E-state index in [2.05, 4.69) is 4.99 Å². The minimum atomic E-state index is -1.15. The summed E-state index contributed by atoms with van der Waals surface area (Å²) in [5, 5.41) is 8.85. The van der Waals surface area contributed by atoms with E-state index in [4.69, 9.17) is 5.11 Å². The molecule has 0 bridgehead atoms. The van der Waals surface area contributed by atoms with Crippen molar-refractivity contribution in [3.63, 3.8) is 0 Å². The van der Waals surface area contributed by atoms with Crippen molar-refractivity contribution in [3.8, 4) is 0 Å². The molecule has 0 unspecified atom stereocenters. The molecule has 0 saturated heterocycles. The predicted octanol–water partition coefficient (Wildman–Crippen LogP) is 1.71. The number of carbonyl (C=O) groups is 1. The van der Waals surface area contributed by atoms with Crippen molar-refractivity contribution >= 4 is 11.9 Å². The SMILES string of the molecule is O=C(O)N1CCN=C1c1ccc(F)c(F)c1. The fraction of sp³-hybridized carbons (Fsp3) is 0.200. The Bertz CT molecular complexity index is 474. The highest BCUT2D eigenvalue weighted by Crippen LogP contribution is 2.14. The molecule has 2 rings (SSSR count). The minimum absolute atomic E-state index is 0.159. The molecule has 0 aliphatic carbocycles. The Morgan fingerprint density at radius 1 is 1.38 bits per heavy atom. The first kappa shape index (κ1) is 10.5. The van der Waals surface area contributed by atoms with Crippen LogP contribution in [-0.4, -0.2) is 35.0 Å². The minimum Gasteiger partial charge on any atom is -0.465 e. The average molecular weight is 226 g/mol. The van der Waals surface area contributed by atoms with Gasteiger partial charge in [-0.05, 0) is 18.2 Å². The number of halogens is 2. The van der Waals surface area contributed by atoms with Crippen LogP contribution < -0.4 is 0 Å². The summed E-state index contributed by atoms with van der Waals surface area (Å²) >= 11 is 0. The van der Waals surface area contributed by atoms with Gasteiger partial charge < -0.3 is 5.11 Å². The molecule has 0 fully saturated rings. The highest BCUT2D eigenvalue weighted by Gasteiger charge is 2.24. The van der Waals surface area contributed by atoms with Crippen molar-refractivity contribution in [3.05, 3.63) is 35.4 Å². The standard InChI is InChI=1S/C10H8F2N2O2/c11-7-2-1-6(5-8(7)12)9-13-3-4-14(9)10(15)16/h1-2,5H,3-4H2,(H,15,16). The largest absolute Gasteiger partial charge is 0.465 e. The molecule has 0 radical (unpaired) electrons. The normalized spacial score (nSPS) is 15.1. The second-order valence-electron chi connectivity index (χ2n) is 3.27. The third-order valence-electron chi connectivity index (χ3n) is 2.25. The monoisotopic (exact) mass is 226 g/mol. The molecule has 1 heterocycles. The number of amides is 1. The fourth-order valence-corrected chi connectivity index (χ4v) is 1.52. The van der Waals surface area contributed by atoms with Gasteiger partial charge in [-0.1, -0.05) is 0 Å². The fourth-order valence-electron chi connectivity index (χ4n) is 1.52. The Labute approximate surface area is 89.8 Å². The Morgan fingerprint density at radius 3 is 2.75 bits per heavy atom. The van der Waals surface area contributed by atoms with Crippen molar-refractivity contribution in [1.29, 1.82) is 0 Å². The number of hydrogen-bond acceptors (Lipinski definition) is 2. The zero-order valence-corrected chi connectivity index (χ0v) is 8.15. The van der Waals surface area contributed by atoms with Crippen LogP contribution in [0.4, 0.5) is 13.6 Å². The Balaban J connectivity index is 2.37. The Kier molecular flexibility index (Phi) is 2.55. The molecule has 1 aromatic rings. The van der Waals surface area contributed by atoms with E-state index in [9.17, 15) is 13.6 Å². The molecule has 0 atom stereocenters. The quantitative estimate of drug-likeness (QED) is 0.792. The highest BCUT2D eigenvalue weighted by atomic mass is 19.2. The maximum absolute atomic E-state index is 13.0. The van der Waals surface area contributed by atoms with Gasteiger partial charge >= 0.3 is 6.09 Å². The molecule has 1 aliphatic rings. The summed E-state index contributed by atoms with van der Waals surface area (Å²) in [6.45, 7) is 0.574. The number of nitrogens with zero attached hydrogens (tertiary/aromatic N) is 2. The predicted molar refractivity (Wildman–Crippen MR) is 52.5 cm³/mol. The van der Waals surface area contributed by atoms with E-state index in [0.717, 1.165) is 17.0 Å². The molecule has 4 nitrogen and oxygen atoms in total. The van der Waals surface area contributed by atoms with Gasteiger partial charge in [-0.2, -0.15) is 0 Å². The van der Waals surface area contributed by atoms with E-state index in [-0.39, 0.29) is 17.9 Å². The van der Waals surface area contributed by atoms with E-state index in [1.807, 2.05) is 0 Å². The molecule has 16 heavy (non-hydrogen) atoms. The molecular weight excluding hydrogens is 218 g/mol. The maximum Gasteiger partial charge on any atom is 0.413 e. The van der Waals surface area contributed by atoms with Crippen molar-refractivity contribution < 1.29 is 18.7 Å². The molecule has 0 spiro atoms. The molecular formula is C10H8F2N2O2. The van der Waals surface area contributed by atoms with Crippen molar-refractivity contribution in [2.75, 3.05) is 13.1 Å². The van der Waals surface area contributed by atoms with Gasteiger partial charge in [-0.15, -0.1) is 0 Å². The van der Waals surface area contributed by atoms with Crippen LogP contribution in [0.25, 0.3) is 0 Å². The topological polar surface area (TPSA) is 52.9 Å². The van der Waals surface area contributed by atoms with E-state index in [0.29, 0.717) is 6.54 Å². The first-order chi connectivity index (χ1) is 7.59. The van der Waals surface area contributed by atoms with Crippen LogP contribution in [0, 0.1) is 11.6 Å². The lowest BCUT2D eigenvalue weighted by atomic mass is 10.2. The number of aliphatic imine (C=N–C) groups is 1. The van der Waals surface area contributed by atoms with Gasteiger partial charge in [0.25, 0.3) is 0 Å². The van der Waals surface area contributed by atoms with Crippen LogP contribution in [0.5, 0.6) is 0 Å². The zero-order chi connectivity index (χ0) is 11.7. The molecule has 0 aromatic heterocycles.